The molecule has 0 aliphatic carbocycles. The molecule has 1 saturated heterocycles. The standard InChI is InChI=1S/C23H28N4/c1-2-13-27-17-22(24-25-27)14-21-16-26(15-19-9-5-3-6-10-19)18-23(21)20-11-7-4-8-12-20/h3-12,17,21,23H,2,13-16,18H2,1H3. The second-order valence-electron chi connectivity index (χ2n) is 7.63. The van der Waals surface area contributed by atoms with E-state index < -0.39 is 0 Å². The maximum absolute atomic E-state index is 4.43. The summed E-state index contributed by atoms with van der Waals surface area (Å²) < 4.78 is 1.98. The zero-order chi connectivity index (χ0) is 18.5. The Labute approximate surface area is 161 Å². The van der Waals surface area contributed by atoms with E-state index >= 15 is 0 Å². The molecule has 0 amide bonds. The van der Waals surface area contributed by atoms with Crippen molar-refractivity contribution in [2.24, 2.45) is 5.92 Å². The van der Waals surface area contributed by atoms with Crippen LogP contribution in [0.4, 0.5) is 0 Å². The van der Waals surface area contributed by atoms with Crippen molar-refractivity contribution >= 4 is 0 Å². The molecule has 0 bridgehead atoms. The number of rotatable bonds is 7. The van der Waals surface area contributed by atoms with Crippen molar-refractivity contribution in [1.29, 1.82) is 0 Å². The Morgan fingerprint density at radius 1 is 0.963 bits per heavy atom. The van der Waals surface area contributed by atoms with Gasteiger partial charge in [0.1, 0.15) is 0 Å². The second-order valence-corrected chi connectivity index (χ2v) is 7.63. The predicted octanol–water partition coefficient (Wildman–Crippen LogP) is 4.15. The van der Waals surface area contributed by atoms with E-state index in [4.69, 9.17) is 0 Å². The van der Waals surface area contributed by atoms with Crippen LogP contribution in [0.1, 0.15) is 36.1 Å². The maximum atomic E-state index is 4.43. The monoisotopic (exact) mass is 360 g/mol. The molecular weight excluding hydrogens is 332 g/mol. The highest BCUT2D eigenvalue weighted by molar-refractivity contribution is 5.24. The first kappa shape index (κ1) is 17.9. The lowest BCUT2D eigenvalue weighted by Crippen LogP contribution is -2.20. The lowest BCUT2D eigenvalue weighted by Gasteiger charge is -2.17. The van der Waals surface area contributed by atoms with Crippen molar-refractivity contribution in [3.63, 3.8) is 0 Å². The van der Waals surface area contributed by atoms with Gasteiger partial charge in [0, 0.05) is 38.3 Å². The molecular formula is C23H28N4. The molecule has 4 nitrogen and oxygen atoms in total. The molecule has 1 aliphatic heterocycles. The van der Waals surface area contributed by atoms with Gasteiger partial charge in [-0.2, -0.15) is 0 Å². The van der Waals surface area contributed by atoms with Crippen molar-refractivity contribution < 1.29 is 0 Å². The van der Waals surface area contributed by atoms with Crippen LogP contribution >= 0.6 is 0 Å². The van der Waals surface area contributed by atoms with Crippen LogP contribution in [0.3, 0.4) is 0 Å². The quantitative estimate of drug-likeness (QED) is 0.635. The molecule has 27 heavy (non-hydrogen) atoms. The first-order chi connectivity index (χ1) is 13.3. The molecule has 2 unspecified atom stereocenters. The van der Waals surface area contributed by atoms with Gasteiger partial charge in [0.2, 0.25) is 0 Å². The van der Waals surface area contributed by atoms with Gasteiger partial charge >= 0.3 is 0 Å². The zero-order valence-corrected chi connectivity index (χ0v) is 16.0. The molecule has 2 heterocycles. The van der Waals surface area contributed by atoms with E-state index in [1.54, 1.807) is 0 Å². The van der Waals surface area contributed by atoms with Gasteiger partial charge in [0.25, 0.3) is 0 Å². The van der Waals surface area contributed by atoms with Crippen LogP contribution in [-0.4, -0.2) is 33.0 Å². The summed E-state index contributed by atoms with van der Waals surface area (Å²) in [4.78, 5) is 2.59. The van der Waals surface area contributed by atoms with Crippen LogP contribution in [0.5, 0.6) is 0 Å². The maximum Gasteiger partial charge on any atom is 0.0830 e. The molecule has 1 aliphatic rings. The molecule has 2 aromatic carbocycles. The molecule has 4 heteroatoms. The highest BCUT2D eigenvalue weighted by Crippen LogP contribution is 2.35. The SMILES string of the molecule is CCCn1cc(CC2CN(Cc3ccccc3)CC2c2ccccc2)nn1. The van der Waals surface area contributed by atoms with E-state index in [9.17, 15) is 0 Å². The highest BCUT2D eigenvalue weighted by Gasteiger charge is 2.34. The topological polar surface area (TPSA) is 34.0 Å². The Morgan fingerprint density at radius 2 is 1.70 bits per heavy atom. The van der Waals surface area contributed by atoms with Crippen molar-refractivity contribution in [1.82, 2.24) is 19.9 Å². The van der Waals surface area contributed by atoms with Crippen LogP contribution in [0, 0.1) is 5.92 Å². The minimum Gasteiger partial charge on any atom is -0.298 e. The molecule has 0 saturated carbocycles. The van der Waals surface area contributed by atoms with E-state index in [1.807, 2.05) is 4.68 Å². The third kappa shape index (κ3) is 4.45. The molecule has 1 aromatic heterocycles. The van der Waals surface area contributed by atoms with Crippen molar-refractivity contribution in [2.75, 3.05) is 13.1 Å². The zero-order valence-electron chi connectivity index (χ0n) is 16.0. The molecule has 0 radical (unpaired) electrons. The van der Waals surface area contributed by atoms with E-state index in [-0.39, 0.29) is 0 Å². The average molecular weight is 361 g/mol. The lowest BCUT2D eigenvalue weighted by atomic mass is 9.86. The third-order valence-corrected chi connectivity index (χ3v) is 5.50. The molecule has 140 valence electrons. The van der Waals surface area contributed by atoms with Gasteiger partial charge in [0.05, 0.1) is 5.69 Å². The van der Waals surface area contributed by atoms with Gasteiger partial charge in [-0.25, -0.2) is 0 Å². The minimum absolute atomic E-state index is 0.547. The number of likely N-dealkylation sites (tertiary alicyclic amines) is 1. The fourth-order valence-electron chi connectivity index (χ4n) is 4.26. The third-order valence-electron chi connectivity index (χ3n) is 5.50. The molecule has 1 fully saturated rings. The highest BCUT2D eigenvalue weighted by atomic mass is 15.4. The normalized spacial score (nSPS) is 20.2. The molecule has 0 spiro atoms. The van der Waals surface area contributed by atoms with Gasteiger partial charge in [-0.1, -0.05) is 72.8 Å². The number of benzene rings is 2. The number of aryl methyl sites for hydroxylation is 1. The summed E-state index contributed by atoms with van der Waals surface area (Å²) in [7, 11) is 0. The number of hydrogen-bond donors (Lipinski definition) is 0. The Kier molecular flexibility index (Phi) is 5.64. The summed E-state index contributed by atoms with van der Waals surface area (Å²) in [6.45, 7) is 6.34. The van der Waals surface area contributed by atoms with Crippen LogP contribution in [0.2, 0.25) is 0 Å². The second kappa shape index (κ2) is 8.49. The molecule has 2 atom stereocenters. The summed E-state index contributed by atoms with van der Waals surface area (Å²) in [6, 6.07) is 21.8. The number of hydrogen-bond acceptors (Lipinski definition) is 3. The van der Waals surface area contributed by atoms with E-state index in [0.717, 1.165) is 44.7 Å². The first-order valence-electron chi connectivity index (χ1n) is 10.0. The largest absolute Gasteiger partial charge is 0.298 e. The van der Waals surface area contributed by atoms with Gasteiger partial charge in [0.15, 0.2) is 0 Å². The molecule has 3 aromatic rings. The smallest absolute Gasteiger partial charge is 0.0830 e. The Morgan fingerprint density at radius 3 is 2.44 bits per heavy atom. The van der Waals surface area contributed by atoms with Gasteiger partial charge in [-0.05, 0) is 29.9 Å². The Bertz CT molecular complexity index is 828. The summed E-state index contributed by atoms with van der Waals surface area (Å²) in [5.74, 6) is 1.12. The van der Waals surface area contributed by atoms with Crippen LogP contribution in [0.25, 0.3) is 0 Å². The van der Waals surface area contributed by atoms with E-state index in [1.165, 1.54) is 11.1 Å². The van der Waals surface area contributed by atoms with E-state index in [2.05, 4.69) is 89.0 Å². The van der Waals surface area contributed by atoms with Crippen molar-refractivity contribution in [3.05, 3.63) is 83.7 Å². The summed E-state index contributed by atoms with van der Waals surface area (Å²) in [6.07, 6.45) is 4.21. The van der Waals surface area contributed by atoms with Gasteiger partial charge < -0.3 is 0 Å². The number of nitrogens with zero attached hydrogens (tertiary/aromatic N) is 4. The van der Waals surface area contributed by atoms with Gasteiger partial charge in [-0.15, -0.1) is 5.10 Å². The lowest BCUT2D eigenvalue weighted by molar-refractivity contribution is 0.315. The van der Waals surface area contributed by atoms with Crippen LogP contribution in [-0.2, 0) is 19.5 Å². The minimum atomic E-state index is 0.547. The molecule has 4 rings (SSSR count). The fourth-order valence-corrected chi connectivity index (χ4v) is 4.26. The van der Waals surface area contributed by atoms with E-state index in [0.29, 0.717) is 11.8 Å². The number of aromatic nitrogens is 3. The summed E-state index contributed by atoms with van der Waals surface area (Å²) in [5.41, 5.74) is 3.95. The van der Waals surface area contributed by atoms with Crippen molar-refractivity contribution in [2.45, 2.75) is 38.8 Å². The van der Waals surface area contributed by atoms with Gasteiger partial charge in [-0.3, -0.25) is 9.58 Å². The average Bonchev–Trinajstić information content (AvgIpc) is 3.31. The Balaban J connectivity index is 1.50. The summed E-state index contributed by atoms with van der Waals surface area (Å²) in [5, 5.41) is 8.72. The Hall–Kier alpha value is -2.46. The van der Waals surface area contributed by atoms with Crippen molar-refractivity contribution in [3.8, 4) is 0 Å². The molecule has 0 N–H and O–H groups in total. The van der Waals surface area contributed by atoms with Crippen LogP contribution < -0.4 is 0 Å². The van der Waals surface area contributed by atoms with Crippen LogP contribution in [0.15, 0.2) is 66.9 Å². The summed E-state index contributed by atoms with van der Waals surface area (Å²) >= 11 is 0. The fraction of sp³-hybridized carbons (Fsp3) is 0.391. The first-order valence-corrected chi connectivity index (χ1v) is 10.0. The predicted molar refractivity (Wildman–Crippen MR) is 108 cm³/mol.